The highest BCUT2D eigenvalue weighted by molar-refractivity contribution is 7.98. The van der Waals surface area contributed by atoms with Gasteiger partial charge in [-0.3, -0.25) is 0 Å². The standard InChI is InChI=1S/C23H22N4O7S/c1-12-18(22(35-5)25-20(24-12)14-7-6-8-32-14)23(28)33-11-17-26-27-21(34-17)13-9-15(29-2)19(31-4)16(10-13)30-3/h6-10H,11H2,1-5H3. The second kappa shape index (κ2) is 10.5. The second-order valence-corrected chi connectivity index (χ2v) is 7.78. The van der Waals surface area contributed by atoms with E-state index in [4.69, 9.17) is 27.8 Å². The van der Waals surface area contributed by atoms with Crippen LogP contribution < -0.4 is 14.2 Å². The third-order valence-electron chi connectivity index (χ3n) is 4.90. The molecule has 0 amide bonds. The van der Waals surface area contributed by atoms with E-state index in [0.717, 1.165) is 0 Å². The molecule has 0 saturated carbocycles. The van der Waals surface area contributed by atoms with Crippen molar-refractivity contribution in [2.45, 2.75) is 18.6 Å². The molecule has 0 saturated heterocycles. The van der Waals surface area contributed by atoms with E-state index in [1.54, 1.807) is 31.2 Å². The highest BCUT2D eigenvalue weighted by atomic mass is 32.2. The number of hydrogen-bond acceptors (Lipinski definition) is 12. The van der Waals surface area contributed by atoms with Gasteiger partial charge in [-0.25, -0.2) is 14.8 Å². The summed E-state index contributed by atoms with van der Waals surface area (Å²) in [6, 6.07) is 6.84. The molecule has 0 radical (unpaired) electrons. The van der Waals surface area contributed by atoms with Gasteiger partial charge < -0.3 is 27.8 Å². The molecule has 4 aromatic rings. The van der Waals surface area contributed by atoms with Gasteiger partial charge in [0.2, 0.25) is 11.6 Å². The number of carbonyl (C=O) groups is 1. The molecule has 11 nitrogen and oxygen atoms in total. The predicted molar refractivity (Wildman–Crippen MR) is 125 cm³/mol. The van der Waals surface area contributed by atoms with Gasteiger partial charge in [0.25, 0.3) is 5.89 Å². The minimum Gasteiger partial charge on any atom is -0.493 e. The Balaban J connectivity index is 1.52. The average Bonchev–Trinajstić information content (AvgIpc) is 3.58. The average molecular weight is 499 g/mol. The molecule has 0 unspecified atom stereocenters. The molecule has 1 aromatic carbocycles. The van der Waals surface area contributed by atoms with Crippen LogP contribution in [-0.4, -0.2) is 53.7 Å². The topological polar surface area (TPSA) is 132 Å². The Morgan fingerprint density at radius 1 is 1.06 bits per heavy atom. The molecule has 35 heavy (non-hydrogen) atoms. The Bertz CT molecular complexity index is 1310. The van der Waals surface area contributed by atoms with Gasteiger partial charge in [-0.05, 0) is 37.4 Å². The molecule has 0 fully saturated rings. The van der Waals surface area contributed by atoms with Crippen LogP contribution in [0, 0.1) is 6.92 Å². The van der Waals surface area contributed by atoms with E-state index >= 15 is 0 Å². The van der Waals surface area contributed by atoms with Crippen molar-refractivity contribution in [1.29, 1.82) is 0 Å². The molecule has 0 aliphatic rings. The third kappa shape index (κ3) is 4.92. The molecule has 0 N–H and O–H groups in total. The molecule has 0 atom stereocenters. The van der Waals surface area contributed by atoms with E-state index in [0.29, 0.717) is 45.1 Å². The molecule has 0 aliphatic carbocycles. The zero-order chi connectivity index (χ0) is 24.9. The number of carbonyl (C=O) groups excluding carboxylic acids is 1. The SMILES string of the molecule is COc1cc(-c2nnc(COC(=O)c3c(C)nc(-c4ccco4)nc3SC)o2)cc(OC)c1OC. The fourth-order valence-corrected chi connectivity index (χ4v) is 3.89. The molecule has 4 rings (SSSR count). The molecular weight excluding hydrogens is 476 g/mol. The highest BCUT2D eigenvalue weighted by Gasteiger charge is 2.23. The Morgan fingerprint density at radius 2 is 1.80 bits per heavy atom. The summed E-state index contributed by atoms with van der Waals surface area (Å²) in [6.45, 7) is 1.48. The van der Waals surface area contributed by atoms with E-state index in [-0.39, 0.29) is 24.0 Å². The summed E-state index contributed by atoms with van der Waals surface area (Å²) in [6.07, 6.45) is 3.35. The number of aromatic nitrogens is 4. The highest BCUT2D eigenvalue weighted by Crippen LogP contribution is 2.40. The Hall–Kier alpha value is -4.06. The van der Waals surface area contributed by atoms with E-state index in [1.807, 2.05) is 6.26 Å². The molecule has 3 aromatic heterocycles. The Morgan fingerprint density at radius 3 is 2.40 bits per heavy atom. The number of rotatable bonds is 9. The lowest BCUT2D eigenvalue weighted by Crippen LogP contribution is -2.12. The van der Waals surface area contributed by atoms with Crippen LogP contribution in [0.15, 0.2) is 44.4 Å². The number of aryl methyl sites for hydroxylation is 1. The molecule has 0 bridgehead atoms. The lowest BCUT2D eigenvalue weighted by atomic mass is 10.2. The maximum atomic E-state index is 12.9. The van der Waals surface area contributed by atoms with Crippen molar-refractivity contribution in [3.8, 4) is 40.3 Å². The number of methoxy groups -OCH3 is 3. The van der Waals surface area contributed by atoms with Crippen molar-refractivity contribution < 1.29 is 32.6 Å². The normalized spacial score (nSPS) is 10.8. The first-order chi connectivity index (χ1) is 17.0. The van der Waals surface area contributed by atoms with Crippen LogP contribution in [0.25, 0.3) is 23.0 Å². The first kappa shape index (κ1) is 24.1. The molecule has 12 heteroatoms. The summed E-state index contributed by atoms with van der Waals surface area (Å²) in [7, 11) is 4.53. The van der Waals surface area contributed by atoms with Crippen LogP contribution in [0.5, 0.6) is 17.2 Å². The maximum Gasteiger partial charge on any atom is 0.343 e. The smallest absolute Gasteiger partial charge is 0.343 e. The zero-order valence-electron chi connectivity index (χ0n) is 19.6. The molecule has 182 valence electrons. The Kier molecular flexibility index (Phi) is 7.20. The van der Waals surface area contributed by atoms with Crippen molar-refractivity contribution in [3.63, 3.8) is 0 Å². The van der Waals surface area contributed by atoms with Gasteiger partial charge in [-0.2, -0.15) is 0 Å². The van der Waals surface area contributed by atoms with Gasteiger partial charge in [-0.15, -0.1) is 22.0 Å². The van der Waals surface area contributed by atoms with Crippen LogP contribution in [0.3, 0.4) is 0 Å². The largest absolute Gasteiger partial charge is 0.493 e. The van der Waals surface area contributed by atoms with E-state index in [9.17, 15) is 4.79 Å². The number of thioether (sulfide) groups is 1. The lowest BCUT2D eigenvalue weighted by molar-refractivity contribution is 0.0432. The van der Waals surface area contributed by atoms with Gasteiger partial charge in [0.15, 0.2) is 29.7 Å². The first-order valence-corrected chi connectivity index (χ1v) is 11.5. The van der Waals surface area contributed by atoms with E-state index < -0.39 is 5.97 Å². The molecular formula is C23H22N4O7S. The maximum absolute atomic E-state index is 12.9. The number of furan rings is 1. The van der Waals surface area contributed by atoms with Gasteiger partial charge in [-0.1, -0.05) is 0 Å². The summed E-state index contributed by atoms with van der Waals surface area (Å²) in [5.74, 6) is 1.91. The van der Waals surface area contributed by atoms with Crippen molar-refractivity contribution in [1.82, 2.24) is 20.2 Å². The molecule has 3 heterocycles. The fourth-order valence-electron chi connectivity index (χ4n) is 3.28. The minimum atomic E-state index is -0.606. The van der Waals surface area contributed by atoms with Gasteiger partial charge in [0.1, 0.15) is 10.6 Å². The first-order valence-electron chi connectivity index (χ1n) is 10.2. The van der Waals surface area contributed by atoms with Crippen LogP contribution in [0.4, 0.5) is 0 Å². The fraction of sp³-hybridized carbons (Fsp3) is 0.261. The van der Waals surface area contributed by atoms with E-state index in [1.165, 1.54) is 39.4 Å². The monoisotopic (exact) mass is 498 g/mol. The zero-order valence-corrected chi connectivity index (χ0v) is 20.5. The Labute approximate surface area is 204 Å². The van der Waals surface area contributed by atoms with Crippen molar-refractivity contribution >= 4 is 17.7 Å². The van der Waals surface area contributed by atoms with Crippen molar-refractivity contribution in [2.24, 2.45) is 0 Å². The summed E-state index contributed by atoms with van der Waals surface area (Å²) in [4.78, 5) is 21.7. The minimum absolute atomic E-state index is 0.110. The predicted octanol–water partition coefficient (Wildman–Crippen LogP) is 4.20. The number of benzene rings is 1. The quantitative estimate of drug-likeness (QED) is 0.186. The van der Waals surface area contributed by atoms with Crippen LogP contribution >= 0.6 is 11.8 Å². The number of nitrogens with zero attached hydrogens (tertiary/aromatic N) is 4. The molecule has 0 aliphatic heterocycles. The van der Waals surface area contributed by atoms with Crippen LogP contribution in [-0.2, 0) is 11.3 Å². The molecule has 0 spiro atoms. The van der Waals surface area contributed by atoms with Crippen molar-refractivity contribution in [2.75, 3.05) is 27.6 Å². The van der Waals surface area contributed by atoms with Crippen LogP contribution in [0.1, 0.15) is 21.9 Å². The summed E-state index contributed by atoms with van der Waals surface area (Å²) in [5, 5.41) is 8.47. The van der Waals surface area contributed by atoms with Gasteiger partial charge in [0, 0.05) is 5.56 Å². The van der Waals surface area contributed by atoms with Crippen molar-refractivity contribution in [3.05, 3.63) is 47.7 Å². The summed E-state index contributed by atoms with van der Waals surface area (Å²) in [5.41, 5.74) is 1.27. The van der Waals surface area contributed by atoms with Gasteiger partial charge in [0.05, 0.1) is 33.3 Å². The second-order valence-electron chi connectivity index (χ2n) is 6.99. The summed E-state index contributed by atoms with van der Waals surface area (Å²) < 4.78 is 32.5. The van der Waals surface area contributed by atoms with E-state index in [2.05, 4.69) is 20.2 Å². The number of esters is 1. The summed E-state index contributed by atoms with van der Waals surface area (Å²) >= 11 is 1.30. The number of hydrogen-bond donors (Lipinski definition) is 0. The third-order valence-corrected chi connectivity index (χ3v) is 5.58. The number of ether oxygens (including phenoxy) is 4. The van der Waals surface area contributed by atoms with Gasteiger partial charge >= 0.3 is 5.97 Å². The van der Waals surface area contributed by atoms with Crippen LogP contribution in [0.2, 0.25) is 0 Å². The lowest BCUT2D eigenvalue weighted by Gasteiger charge is -2.12.